The molecule has 1 aromatic heterocycles. The number of hydrogen-bond acceptors (Lipinski definition) is 1. The first-order valence-electron chi connectivity index (χ1n) is 20.1. The number of aromatic nitrogens is 1. The summed E-state index contributed by atoms with van der Waals surface area (Å²) in [5.41, 5.74) is 21.4. The Morgan fingerprint density at radius 2 is 0.966 bits per heavy atom. The average Bonchev–Trinajstić information content (AvgIpc) is 3.65. The van der Waals surface area contributed by atoms with Gasteiger partial charge in [0.05, 0.1) is 16.7 Å². The Hall–Kier alpha value is -7.75. The molecule has 0 aliphatic rings. The van der Waals surface area contributed by atoms with E-state index in [0.29, 0.717) is 12.3 Å². The van der Waals surface area contributed by atoms with E-state index in [1.165, 1.54) is 60.8 Å². The molecule has 0 aliphatic heterocycles. The minimum atomic E-state index is 0.487. The maximum absolute atomic E-state index is 6.73. The summed E-state index contributed by atoms with van der Waals surface area (Å²) < 4.78 is 2.38. The summed E-state index contributed by atoms with van der Waals surface area (Å²) in [6, 6.07) is 77.5. The van der Waals surface area contributed by atoms with Gasteiger partial charge in [0.25, 0.3) is 0 Å². The van der Waals surface area contributed by atoms with Crippen molar-refractivity contribution in [2.45, 2.75) is 6.42 Å². The van der Waals surface area contributed by atoms with Crippen LogP contribution in [0.25, 0.3) is 77.3 Å². The quantitative estimate of drug-likeness (QED) is 0.116. The predicted octanol–water partition coefficient (Wildman–Crippen LogP) is 13.9. The van der Waals surface area contributed by atoms with E-state index in [2.05, 4.69) is 193 Å². The first-order chi connectivity index (χ1) is 29.2. The number of para-hydroxylation sites is 1. The van der Waals surface area contributed by atoms with Gasteiger partial charge in [-0.05, 0) is 86.5 Å². The van der Waals surface area contributed by atoms with Crippen LogP contribution in [0.15, 0.2) is 229 Å². The van der Waals surface area contributed by atoms with Crippen molar-refractivity contribution in [3.8, 4) is 39.1 Å². The summed E-state index contributed by atoms with van der Waals surface area (Å²) in [6.07, 6.45) is 2.92. The molecule has 0 atom stereocenters. The highest BCUT2D eigenvalue weighted by Crippen LogP contribution is 2.39. The monoisotopic (exact) mass is 755 g/mol. The van der Waals surface area contributed by atoms with Crippen molar-refractivity contribution < 1.29 is 0 Å². The predicted molar refractivity (Wildman–Crippen MR) is 250 cm³/mol. The number of benzene rings is 9. The fourth-order valence-corrected chi connectivity index (χ4v) is 8.32. The second-order valence-corrected chi connectivity index (χ2v) is 14.9. The van der Waals surface area contributed by atoms with Crippen LogP contribution in [0.5, 0.6) is 0 Å². The maximum atomic E-state index is 6.73. The van der Waals surface area contributed by atoms with E-state index in [0.717, 1.165) is 33.3 Å². The number of nitrogens with zero attached hydrogens (tertiary/aromatic N) is 2. The lowest BCUT2D eigenvalue weighted by Gasteiger charge is -2.14. The Kier molecular flexibility index (Phi) is 9.46. The number of rotatable bonds is 9. The molecule has 10 rings (SSSR count). The minimum Gasteiger partial charge on any atom is -0.383 e. The molecule has 2 N–H and O–H groups in total. The van der Waals surface area contributed by atoms with Crippen molar-refractivity contribution in [3.05, 3.63) is 241 Å². The number of nitrogens with two attached hydrogens (primary N) is 1. The highest BCUT2D eigenvalue weighted by molar-refractivity contribution is 6.12. The molecule has 1 heterocycles. The zero-order valence-corrected chi connectivity index (χ0v) is 32.5. The van der Waals surface area contributed by atoms with Gasteiger partial charge in [0.1, 0.15) is 5.84 Å². The van der Waals surface area contributed by atoms with Crippen LogP contribution in [0.2, 0.25) is 0 Å². The number of aliphatic imine (C=N–C) groups is 1. The van der Waals surface area contributed by atoms with Gasteiger partial charge in [-0.15, -0.1) is 0 Å². The Balaban J connectivity index is 1.05. The summed E-state index contributed by atoms with van der Waals surface area (Å²) in [6.45, 7) is 0. The highest BCUT2D eigenvalue weighted by atomic mass is 15.0. The van der Waals surface area contributed by atoms with Gasteiger partial charge < -0.3 is 10.3 Å². The second-order valence-electron chi connectivity index (χ2n) is 14.9. The first-order valence-corrected chi connectivity index (χ1v) is 20.1. The van der Waals surface area contributed by atoms with Crippen molar-refractivity contribution >= 4 is 44.1 Å². The molecule has 0 aliphatic carbocycles. The third-order valence-electron chi connectivity index (χ3n) is 11.3. The van der Waals surface area contributed by atoms with Crippen LogP contribution in [0, 0.1) is 0 Å². The van der Waals surface area contributed by atoms with Gasteiger partial charge in [-0.3, -0.25) is 0 Å². The number of allylic oxidation sites excluding steroid dienone is 1. The Morgan fingerprint density at radius 3 is 1.64 bits per heavy atom. The normalized spacial score (nSPS) is 12.1. The zero-order chi connectivity index (χ0) is 39.5. The van der Waals surface area contributed by atoms with E-state index in [1.807, 2.05) is 36.4 Å². The standard InChI is InChI=1S/C56H41N3/c57-56(44-18-8-3-9-19-44)58-53(36-26-39-24-27-42(28-25-39)40-14-4-1-5-15-40)50-35-34-47(48-20-10-11-21-49(48)50)45-31-37-55-52(38-45)51-22-12-13-23-54(51)59(55)46-32-29-43(30-33-46)41-16-6-2-7-17-41/h1-25,27-38H,26H2,(H2,57,58)/b53-36-. The molecular weight excluding hydrogens is 715 g/mol. The third-order valence-corrected chi connectivity index (χ3v) is 11.3. The highest BCUT2D eigenvalue weighted by Gasteiger charge is 2.16. The molecule has 0 saturated carbocycles. The zero-order valence-electron chi connectivity index (χ0n) is 32.5. The summed E-state index contributed by atoms with van der Waals surface area (Å²) in [4.78, 5) is 5.13. The molecule has 0 radical (unpaired) electrons. The van der Waals surface area contributed by atoms with Crippen molar-refractivity contribution in [1.29, 1.82) is 0 Å². The lowest BCUT2D eigenvalue weighted by Crippen LogP contribution is -2.13. The van der Waals surface area contributed by atoms with Crippen molar-refractivity contribution in [2.24, 2.45) is 10.7 Å². The number of amidine groups is 1. The van der Waals surface area contributed by atoms with Crippen molar-refractivity contribution in [2.75, 3.05) is 0 Å². The molecule has 0 amide bonds. The summed E-state index contributed by atoms with van der Waals surface area (Å²) in [5, 5.41) is 4.74. The van der Waals surface area contributed by atoms with Crippen LogP contribution in [-0.2, 0) is 6.42 Å². The molecule has 0 fully saturated rings. The van der Waals surface area contributed by atoms with Crippen molar-refractivity contribution in [3.63, 3.8) is 0 Å². The lowest BCUT2D eigenvalue weighted by molar-refractivity contribution is 1.18. The lowest BCUT2D eigenvalue weighted by atomic mass is 9.92. The molecule has 10 aromatic rings. The molecule has 0 bridgehead atoms. The van der Waals surface area contributed by atoms with E-state index in [9.17, 15) is 0 Å². The smallest absolute Gasteiger partial charge is 0.131 e. The van der Waals surface area contributed by atoms with Crippen molar-refractivity contribution in [1.82, 2.24) is 4.57 Å². The van der Waals surface area contributed by atoms with Crippen LogP contribution in [-0.4, -0.2) is 10.4 Å². The van der Waals surface area contributed by atoms with E-state index in [1.54, 1.807) is 0 Å². The molecule has 0 unspecified atom stereocenters. The van der Waals surface area contributed by atoms with Crippen LogP contribution in [0.4, 0.5) is 0 Å². The fourth-order valence-electron chi connectivity index (χ4n) is 8.32. The van der Waals surface area contributed by atoms with Gasteiger partial charge >= 0.3 is 0 Å². The number of fused-ring (bicyclic) bond motifs is 4. The fraction of sp³-hybridized carbons (Fsp3) is 0.0179. The van der Waals surface area contributed by atoms with Crippen LogP contribution in [0.1, 0.15) is 16.7 Å². The Labute approximate surface area is 344 Å². The molecule has 0 saturated heterocycles. The van der Waals surface area contributed by atoms with Gasteiger partial charge in [-0.2, -0.15) is 0 Å². The molecular formula is C56H41N3. The number of hydrogen-bond donors (Lipinski definition) is 1. The third kappa shape index (κ3) is 7.00. The van der Waals surface area contributed by atoms with Gasteiger partial charge in [0.15, 0.2) is 0 Å². The SMILES string of the molecule is N/C(=N\C(=C/Cc1ccc(-c2ccccc2)cc1)c1ccc(-c2ccc3c(c2)c2ccccc2n3-c2ccc(-c3ccccc3)cc2)c2ccccc12)c1ccccc1. The van der Waals surface area contributed by atoms with E-state index >= 15 is 0 Å². The molecule has 9 aromatic carbocycles. The van der Waals surface area contributed by atoms with E-state index in [-0.39, 0.29) is 0 Å². The van der Waals surface area contributed by atoms with Gasteiger partial charge in [-0.1, -0.05) is 194 Å². The summed E-state index contributed by atoms with van der Waals surface area (Å²) in [5.74, 6) is 0.487. The van der Waals surface area contributed by atoms with E-state index < -0.39 is 0 Å². The Bertz CT molecular complexity index is 3140. The van der Waals surface area contributed by atoms with Crippen LogP contribution in [0.3, 0.4) is 0 Å². The summed E-state index contributed by atoms with van der Waals surface area (Å²) in [7, 11) is 0. The molecule has 3 nitrogen and oxygen atoms in total. The Morgan fingerprint density at radius 1 is 0.441 bits per heavy atom. The molecule has 280 valence electrons. The van der Waals surface area contributed by atoms with Gasteiger partial charge in [0.2, 0.25) is 0 Å². The molecule has 0 spiro atoms. The second kappa shape index (κ2) is 15.7. The average molecular weight is 756 g/mol. The van der Waals surface area contributed by atoms with Gasteiger partial charge in [-0.25, -0.2) is 4.99 Å². The van der Waals surface area contributed by atoms with Crippen LogP contribution >= 0.6 is 0 Å². The van der Waals surface area contributed by atoms with Gasteiger partial charge in [0, 0.05) is 27.6 Å². The van der Waals surface area contributed by atoms with E-state index in [4.69, 9.17) is 10.7 Å². The first kappa shape index (κ1) is 35.6. The maximum Gasteiger partial charge on any atom is 0.131 e. The topological polar surface area (TPSA) is 43.3 Å². The minimum absolute atomic E-state index is 0.487. The largest absolute Gasteiger partial charge is 0.383 e. The molecule has 3 heteroatoms. The summed E-state index contributed by atoms with van der Waals surface area (Å²) >= 11 is 0. The van der Waals surface area contributed by atoms with Crippen LogP contribution < -0.4 is 5.73 Å². The molecule has 59 heavy (non-hydrogen) atoms.